The van der Waals surface area contributed by atoms with Crippen molar-refractivity contribution in [2.24, 2.45) is 0 Å². The van der Waals surface area contributed by atoms with Crippen molar-refractivity contribution in [3.8, 4) is 0 Å². The first-order valence-corrected chi connectivity index (χ1v) is 5.76. The molecule has 2 heterocycles. The van der Waals surface area contributed by atoms with Gasteiger partial charge >= 0.3 is 0 Å². The van der Waals surface area contributed by atoms with Crippen molar-refractivity contribution in [1.29, 1.82) is 0 Å². The van der Waals surface area contributed by atoms with Crippen molar-refractivity contribution in [2.75, 3.05) is 18.8 Å². The topological polar surface area (TPSA) is 59.2 Å². The molecule has 1 aromatic heterocycles. The summed E-state index contributed by atoms with van der Waals surface area (Å²) in [6.45, 7) is 1.61. The van der Waals surface area contributed by atoms with Crippen LogP contribution in [0, 0.1) is 0 Å². The van der Waals surface area contributed by atoms with Gasteiger partial charge in [0.1, 0.15) is 5.82 Å². The second-order valence-electron chi connectivity index (χ2n) is 3.94. The highest BCUT2D eigenvalue weighted by molar-refractivity contribution is 6.33. The number of carbonyl (C=O) groups excluding carboxylic acids is 1. The van der Waals surface area contributed by atoms with E-state index in [2.05, 4.69) is 4.98 Å². The molecule has 1 aromatic rings. The third-order valence-corrected chi connectivity index (χ3v) is 3.05. The Hall–Kier alpha value is -1.29. The predicted octanol–water partition coefficient (Wildman–Crippen LogP) is 1.94. The first-order valence-electron chi connectivity index (χ1n) is 5.39. The highest BCUT2D eigenvalue weighted by Crippen LogP contribution is 2.20. The number of amides is 1. The molecule has 0 atom stereocenters. The molecule has 0 aliphatic carbocycles. The molecular weight excluding hydrogens is 226 g/mol. The number of halogens is 1. The van der Waals surface area contributed by atoms with Gasteiger partial charge in [0.05, 0.1) is 10.6 Å². The van der Waals surface area contributed by atoms with E-state index in [1.54, 1.807) is 6.07 Å². The predicted molar refractivity (Wildman–Crippen MR) is 63.4 cm³/mol. The maximum atomic E-state index is 12.1. The SMILES string of the molecule is Nc1cc(C(=O)N2CCCCC2)c(Cl)cn1. The van der Waals surface area contributed by atoms with Gasteiger partial charge in [-0.3, -0.25) is 4.79 Å². The lowest BCUT2D eigenvalue weighted by Gasteiger charge is -2.27. The van der Waals surface area contributed by atoms with E-state index in [0.29, 0.717) is 16.4 Å². The Bertz CT molecular complexity index is 402. The number of rotatable bonds is 1. The summed E-state index contributed by atoms with van der Waals surface area (Å²) in [4.78, 5) is 17.8. The fraction of sp³-hybridized carbons (Fsp3) is 0.455. The minimum Gasteiger partial charge on any atom is -0.384 e. The second-order valence-corrected chi connectivity index (χ2v) is 4.35. The van der Waals surface area contributed by atoms with Crippen LogP contribution in [0.3, 0.4) is 0 Å². The van der Waals surface area contributed by atoms with E-state index in [1.807, 2.05) is 4.90 Å². The maximum Gasteiger partial charge on any atom is 0.255 e. The third-order valence-electron chi connectivity index (χ3n) is 2.75. The molecular formula is C11H14ClN3O. The Morgan fingerprint density at radius 2 is 2.06 bits per heavy atom. The average molecular weight is 240 g/mol. The molecule has 2 rings (SSSR count). The summed E-state index contributed by atoms with van der Waals surface area (Å²) < 4.78 is 0. The van der Waals surface area contributed by atoms with E-state index < -0.39 is 0 Å². The van der Waals surface area contributed by atoms with Crippen molar-refractivity contribution in [3.63, 3.8) is 0 Å². The zero-order valence-corrected chi connectivity index (χ0v) is 9.70. The van der Waals surface area contributed by atoms with Crippen molar-refractivity contribution in [3.05, 3.63) is 22.8 Å². The average Bonchev–Trinajstić information content (AvgIpc) is 2.32. The number of nitrogen functional groups attached to an aromatic ring is 1. The van der Waals surface area contributed by atoms with Gasteiger partial charge in [-0.1, -0.05) is 11.6 Å². The fourth-order valence-corrected chi connectivity index (χ4v) is 2.07. The first-order chi connectivity index (χ1) is 7.68. The van der Waals surface area contributed by atoms with Gasteiger partial charge in [0.2, 0.25) is 0 Å². The van der Waals surface area contributed by atoms with Crippen LogP contribution in [0.1, 0.15) is 29.6 Å². The molecule has 0 saturated carbocycles. The normalized spacial score (nSPS) is 16.2. The molecule has 0 unspecified atom stereocenters. The Labute approximate surface area is 99.4 Å². The summed E-state index contributed by atoms with van der Waals surface area (Å²) in [6.07, 6.45) is 4.73. The maximum absolute atomic E-state index is 12.1. The molecule has 0 radical (unpaired) electrons. The zero-order valence-electron chi connectivity index (χ0n) is 8.95. The molecule has 86 valence electrons. The minimum atomic E-state index is -0.0428. The summed E-state index contributed by atoms with van der Waals surface area (Å²) in [7, 11) is 0. The van der Waals surface area contributed by atoms with Gasteiger partial charge in [0.15, 0.2) is 0 Å². The number of hydrogen-bond donors (Lipinski definition) is 1. The number of likely N-dealkylation sites (tertiary alicyclic amines) is 1. The smallest absolute Gasteiger partial charge is 0.255 e. The van der Waals surface area contributed by atoms with E-state index in [1.165, 1.54) is 12.6 Å². The van der Waals surface area contributed by atoms with Gasteiger partial charge in [-0.05, 0) is 25.3 Å². The lowest BCUT2D eigenvalue weighted by atomic mass is 10.1. The third kappa shape index (κ3) is 2.27. The zero-order chi connectivity index (χ0) is 11.5. The first kappa shape index (κ1) is 11.2. The number of nitrogens with zero attached hydrogens (tertiary/aromatic N) is 2. The molecule has 1 fully saturated rings. The van der Waals surface area contributed by atoms with Gasteiger partial charge < -0.3 is 10.6 Å². The van der Waals surface area contributed by atoms with E-state index in [9.17, 15) is 4.79 Å². The lowest BCUT2D eigenvalue weighted by molar-refractivity contribution is 0.0724. The summed E-state index contributed by atoms with van der Waals surface area (Å²) >= 11 is 5.94. The summed E-state index contributed by atoms with van der Waals surface area (Å²) in [6, 6.07) is 1.54. The van der Waals surface area contributed by atoms with Crippen LogP contribution >= 0.6 is 11.6 Å². The van der Waals surface area contributed by atoms with Crippen molar-refractivity contribution < 1.29 is 4.79 Å². The molecule has 1 saturated heterocycles. The Balaban J connectivity index is 2.22. The van der Waals surface area contributed by atoms with E-state index >= 15 is 0 Å². The number of anilines is 1. The molecule has 0 spiro atoms. The van der Waals surface area contributed by atoms with Crippen molar-refractivity contribution in [1.82, 2.24) is 9.88 Å². The number of aromatic nitrogens is 1. The highest BCUT2D eigenvalue weighted by Gasteiger charge is 2.20. The number of hydrogen-bond acceptors (Lipinski definition) is 3. The monoisotopic (exact) mass is 239 g/mol. The van der Waals surface area contributed by atoms with Gasteiger partial charge in [0.25, 0.3) is 5.91 Å². The Kier molecular flexibility index (Phi) is 3.29. The molecule has 0 aromatic carbocycles. The van der Waals surface area contributed by atoms with Crippen LogP contribution in [0.25, 0.3) is 0 Å². The van der Waals surface area contributed by atoms with E-state index in [4.69, 9.17) is 17.3 Å². The number of piperidine rings is 1. The van der Waals surface area contributed by atoms with Crippen LogP contribution in [0.15, 0.2) is 12.3 Å². The molecule has 5 heteroatoms. The van der Waals surface area contributed by atoms with Gasteiger partial charge in [-0.15, -0.1) is 0 Å². The molecule has 16 heavy (non-hydrogen) atoms. The quantitative estimate of drug-likeness (QED) is 0.815. The molecule has 1 aliphatic rings. The number of carbonyl (C=O) groups is 1. The van der Waals surface area contributed by atoms with Gasteiger partial charge in [-0.25, -0.2) is 4.98 Å². The molecule has 2 N–H and O–H groups in total. The van der Waals surface area contributed by atoms with Crippen LogP contribution in [0.5, 0.6) is 0 Å². The number of nitrogens with two attached hydrogens (primary N) is 1. The standard InChI is InChI=1S/C11H14ClN3O/c12-9-7-14-10(13)6-8(9)11(16)15-4-2-1-3-5-15/h6-7H,1-5H2,(H2,13,14). The molecule has 1 aliphatic heterocycles. The number of pyridine rings is 1. The van der Waals surface area contributed by atoms with Crippen LogP contribution in [0.4, 0.5) is 5.82 Å². The van der Waals surface area contributed by atoms with E-state index in [-0.39, 0.29) is 5.91 Å². The van der Waals surface area contributed by atoms with Crippen molar-refractivity contribution in [2.45, 2.75) is 19.3 Å². The van der Waals surface area contributed by atoms with Crippen LogP contribution in [-0.2, 0) is 0 Å². The second kappa shape index (κ2) is 4.70. The molecule has 4 nitrogen and oxygen atoms in total. The molecule has 1 amide bonds. The largest absolute Gasteiger partial charge is 0.384 e. The highest BCUT2D eigenvalue weighted by atomic mass is 35.5. The summed E-state index contributed by atoms with van der Waals surface area (Å²) in [5.41, 5.74) is 6.01. The fourth-order valence-electron chi connectivity index (χ4n) is 1.89. The van der Waals surface area contributed by atoms with Crippen LogP contribution in [-0.4, -0.2) is 28.9 Å². The van der Waals surface area contributed by atoms with Gasteiger partial charge in [-0.2, -0.15) is 0 Å². The summed E-state index contributed by atoms with van der Waals surface area (Å²) in [5.74, 6) is 0.281. The van der Waals surface area contributed by atoms with E-state index in [0.717, 1.165) is 25.9 Å². The van der Waals surface area contributed by atoms with Crippen LogP contribution in [0.2, 0.25) is 5.02 Å². The lowest BCUT2D eigenvalue weighted by Crippen LogP contribution is -2.35. The van der Waals surface area contributed by atoms with Gasteiger partial charge in [0, 0.05) is 19.3 Å². The Morgan fingerprint density at radius 1 is 1.38 bits per heavy atom. The Morgan fingerprint density at radius 3 is 2.75 bits per heavy atom. The molecule has 0 bridgehead atoms. The van der Waals surface area contributed by atoms with Crippen molar-refractivity contribution >= 4 is 23.3 Å². The minimum absolute atomic E-state index is 0.0428. The van der Waals surface area contributed by atoms with Crippen LogP contribution < -0.4 is 5.73 Å². The summed E-state index contributed by atoms with van der Waals surface area (Å²) in [5, 5.41) is 0.366.